The van der Waals surface area contributed by atoms with Crippen molar-refractivity contribution in [3.05, 3.63) is 89.5 Å². The maximum absolute atomic E-state index is 13.5. The molecular weight excluding hydrogens is 360 g/mol. The van der Waals surface area contributed by atoms with E-state index in [1.54, 1.807) is 7.11 Å². The summed E-state index contributed by atoms with van der Waals surface area (Å²) >= 11 is 0. The van der Waals surface area contributed by atoms with Crippen LogP contribution in [0.4, 0.5) is 11.4 Å². The molecule has 1 aliphatic heterocycles. The van der Waals surface area contributed by atoms with E-state index < -0.39 is 0 Å². The Balaban J connectivity index is 1.77. The number of methoxy groups -OCH3 is 1. The van der Waals surface area contributed by atoms with Crippen LogP contribution in [0, 0.1) is 0 Å². The van der Waals surface area contributed by atoms with E-state index >= 15 is 0 Å². The second kappa shape index (κ2) is 8.00. The van der Waals surface area contributed by atoms with Crippen LogP contribution < -0.4 is 15.0 Å². The number of hydrogen-bond acceptors (Lipinski definition) is 3. The molecule has 4 nitrogen and oxygen atoms in total. The highest BCUT2D eigenvalue weighted by molar-refractivity contribution is 6.12. The number of carbonyl (C=O) groups is 1. The molecule has 1 heterocycles. The molecule has 0 radical (unpaired) electrons. The minimum Gasteiger partial charge on any atom is -0.497 e. The van der Waals surface area contributed by atoms with Crippen LogP contribution in [0.5, 0.6) is 5.75 Å². The van der Waals surface area contributed by atoms with Crippen molar-refractivity contribution in [1.82, 2.24) is 0 Å². The van der Waals surface area contributed by atoms with E-state index in [1.165, 1.54) is 5.56 Å². The van der Waals surface area contributed by atoms with Crippen molar-refractivity contribution < 1.29 is 9.53 Å². The fourth-order valence-electron chi connectivity index (χ4n) is 3.74. The summed E-state index contributed by atoms with van der Waals surface area (Å²) in [4.78, 5) is 15.3. The zero-order valence-electron chi connectivity index (χ0n) is 17.1. The zero-order chi connectivity index (χ0) is 20.4. The van der Waals surface area contributed by atoms with E-state index in [0.29, 0.717) is 11.5 Å². The van der Waals surface area contributed by atoms with Crippen molar-refractivity contribution in [2.45, 2.75) is 32.4 Å². The monoisotopic (exact) mass is 386 g/mol. The Kier molecular flexibility index (Phi) is 5.26. The average Bonchev–Trinajstić information content (AvgIpc) is 2.79. The number of ether oxygens (including phenoxy) is 1. The largest absolute Gasteiger partial charge is 0.497 e. The lowest BCUT2D eigenvalue weighted by Crippen LogP contribution is -2.43. The number of para-hydroxylation sites is 1. The summed E-state index contributed by atoms with van der Waals surface area (Å²) in [7, 11) is 1.65. The Morgan fingerprint density at radius 1 is 1.00 bits per heavy atom. The first kappa shape index (κ1) is 19.1. The molecule has 3 aromatic carbocycles. The molecule has 0 spiro atoms. The van der Waals surface area contributed by atoms with Gasteiger partial charge in [0.1, 0.15) is 11.9 Å². The van der Waals surface area contributed by atoms with Gasteiger partial charge in [0.25, 0.3) is 5.91 Å². The molecule has 0 saturated heterocycles. The number of fused-ring (bicyclic) bond motifs is 1. The molecular formula is C25H26N2O2. The molecule has 0 aliphatic carbocycles. The fourth-order valence-corrected chi connectivity index (χ4v) is 3.74. The van der Waals surface area contributed by atoms with Gasteiger partial charge in [0.2, 0.25) is 0 Å². The van der Waals surface area contributed by atoms with Gasteiger partial charge in [-0.2, -0.15) is 0 Å². The summed E-state index contributed by atoms with van der Waals surface area (Å²) in [5.41, 5.74) is 4.70. The predicted molar refractivity (Wildman–Crippen MR) is 118 cm³/mol. The molecule has 29 heavy (non-hydrogen) atoms. The normalized spacial score (nSPS) is 16.7. The van der Waals surface area contributed by atoms with Crippen LogP contribution in [0.1, 0.15) is 53.8 Å². The molecule has 1 N–H and O–H groups in total. The number of nitrogens with zero attached hydrogens (tertiary/aromatic N) is 1. The third kappa shape index (κ3) is 3.58. The lowest BCUT2D eigenvalue weighted by Gasteiger charge is -2.38. The summed E-state index contributed by atoms with van der Waals surface area (Å²) in [6.45, 7) is 4.41. The number of amides is 1. The van der Waals surface area contributed by atoms with Gasteiger partial charge in [-0.3, -0.25) is 9.69 Å². The molecule has 0 bridgehead atoms. The van der Waals surface area contributed by atoms with Gasteiger partial charge in [-0.1, -0.05) is 50.2 Å². The van der Waals surface area contributed by atoms with Crippen LogP contribution in [-0.4, -0.2) is 13.0 Å². The van der Waals surface area contributed by atoms with Crippen LogP contribution in [0.25, 0.3) is 0 Å². The summed E-state index contributed by atoms with van der Waals surface area (Å²) in [6.07, 6.45) is 0.795. The second-order valence-electron chi connectivity index (χ2n) is 7.44. The number of hydrogen-bond donors (Lipinski definition) is 1. The van der Waals surface area contributed by atoms with Crippen LogP contribution in [0.15, 0.2) is 72.8 Å². The van der Waals surface area contributed by atoms with E-state index in [9.17, 15) is 4.79 Å². The third-order valence-electron chi connectivity index (χ3n) is 5.71. The molecule has 0 aromatic heterocycles. The van der Waals surface area contributed by atoms with Crippen molar-refractivity contribution in [2.24, 2.45) is 0 Å². The fraction of sp³-hybridized carbons (Fsp3) is 0.240. The van der Waals surface area contributed by atoms with E-state index in [-0.39, 0.29) is 12.1 Å². The minimum absolute atomic E-state index is 0.00328. The number of anilines is 2. The van der Waals surface area contributed by atoms with Gasteiger partial charge in [-0.05, 0) is 59.9 Å². The number of nitrogens with one attached hydrogen (secondary N) is 1. The van der Waals surface area contributed by atoms with Crippen molar-refractivity contribution in [1.29, 1.82) is 0 Å². The van der Waals surface area contributed by atoms with Crippen molar-refractivity contribution in [2.75, 3.05) is 17.3 Å². The molecule has 0 saturated carbocycles. The number of carbonyl (C=O) groups excluding carboxylic acids is 1. The van der Waals surface area contributed by atoms with Crippen LogP contribution >= 0.6 is 0 Å². The smallest absolute Gasteiger partial charge is 0.262 e. The quantitative estimate of drug-likeness (QED) is 0.586. The average molecular weight is 386 g/mol. The molecule has 0 unspecified atom stereocenters. The first-order valence-electron chi connectivity index (χ1n) is 10.1. The topological polar surface area (TPSA) is 41.6 Å². The van der Waals surface area contributed by atoms with E-state index in [1.807, 2.05) is 65.6 Å². The van der Waals surface area contributed by atoms with Crippen molar-refractivity contribution >= 4 is 17.3 Å². The Hall–Kier alpha value is -3.27. The Morgan fingerprint density at radius 2 is 1.69 bits per heavy atom. The summed E-state index contributed by atoms with van der Waals surface area (Å²) < 4.78 is 5.29. The van der Waals surface area contributed by atoms with Crippen LogP contribution in [0.2, 0.25) is 0 Å². The standard InChI is InChI=1S/C25H26N2O2/c1-4-17(2)18-9-13-20(14-10-18)27-24(19-11-15-21(29-3)16-12-19)26-23-8-6-5-7-22(23)25(27)28/h5-17,24,26H,4H2,1-3H3/t17-,24-/m1/s1. The SMILES string of the molecule is CC[C@@H](C)c1ccc(N2C(=O)c3ccccc3N[C@H]2c2ccc(OC)cc2)cc1. The highest BCUT2D eigenvalue weighted by atomic mass is 16.5. The van der Waals surface area contributed by atoms with Gasteiger partial charge >= 0.3 is 0 Å². The molecule has 2 atom stereocenters. The molecule has 4 rings (SSSR count). The van der Waals surface area contributed by atoms with Gasteiger partial charge in [0, 0.05) is 11.4 Å². The number of benzene rings is 3. The van der Waals surface area contributed by atoms with Crippen LogP contribution in [-0.2, 0) is 0 Å². The van der Waals surface area contributed by atoms with Crippen LogP contribution in [0.3, 0.4) is 0 Å². The molecule has 1 aliphatic rings. The van der Waals surface area contributed by atoms with Gasteiger partial charge in [0.05, 0.1) is 12.7 Å². The second-order valence-corrected chi connectivity index (χ2v) is 7.44. The van der Waals surface area contributed by atoms with Gasteiger partial charge < -0.3 is 10.1 Å². The highest BCUT2D eigenvalue weighted by Crippen LogP contribution is 2.37. The maximum Gasteiger partial charge on any atom is 0.262 e. The van der Waals surface area contributed by atoms with E-state index in [0.717, 1.165) is 29.1 Å². The first-order chi connectivity index (χ1) is 14.1. The molecule has 1 amide bonds. The maximum atomic E-state index is 13.5. The van der Waals surface area contributed by atoms with Gasteiger partial charge in [-0.15, -0.1) is 0 Å². The molecule has 0 fully saturated rings. The minimum atomic E-state index is -0.294. The molecule has 4 heteroatoms. The highest BCUT2D eigenvalue weighted by Gasteiger charge is 2.34. The Morgan fingerprint density at radius 3 is 2.34 bits per heavy atom. The Bertz CT molecular complexity index is 996. The zero-order valence-corrected chi connectivity index (χ0v) is 17.1. The summed E-state index contributed by atoms with van der Waals surface area (Å²) in [6, 6.07) is 23.9. The van der Waals surface area contributed by atoms with Gasteiger partial charge in [-0.25, -0.2) is 0 Å². The summed E-state index contributed by atoms with van der Waals surface area (Å²) in [5.74, 6) is 1.29. The van der Waals surface area contributed by atoms with Crippen molar-refractivity contribution in [3.8, 4) is 5.75 Å². The third-order valence-corrected chi connectivity index (χ3v) is 5.71. The lowest BCUT2D eigenvalue weighted by molar-refractivity contribution is 0.0975. The van der Waals surface area contributed by atoms with E-state index in [4.69, 9.17) is 4.74 Å². The molecule has 148 valence electrons. The molecule has 3 aromatic rings. The Labute approximate surface area is 172 Å². The summed E-state index contributed by atoms with van der Waals surface area (Å²) in [5, 5.41) is 3.54. The van der Waals surface area contributed by atoms with Crippen molar-refractivity contribution in [3.63, 3.8) is 0 Å². The van der Waals surface area contributed by atoms with E-state index in [2.05, 4.69) is 31.3 Å². The number of rotatable bonds is 5. The van der Waals surface area contributed by atoms with Gasteiger partial charge in [0.15, 0.2) is 0 Å². The lowest BCUT2D eigenvalue weighted by atomic mass is 9.97. The predicted octanol–water partition coefficient (Wildman–Crippen LogP) is 5.98. The first-order valence-corrected chi connectivity index (χ1v) is 10.1.